The third-order valence-electron chi connectivity index (χ3n) is 6.64. The molecular formula is C27H29F2N5O4. The van der Waals surface area contributed by atoms with E-state index < -0.39 is 29.4 Å². The number of fused-ring (bicyclic) bond motifs is 1. The molecule has 0 unspecified atom stereocenters. The van der Waals surface area contributed by atoms with Gasteiger partial charge < -0.3 is 28.4 Å². The van der Waals surface area contributed by atoms with E-state index in [9.17, 15) is 9.90 Å². The summed E-state index contributed by atoms with van der Waals surface area (Å²) < 4.78 is 45.2. The highest BCUT2D eigenvalue weighted by Crippen LogP contribution is 2.33. The summed E-state index contributed by atoms with van der Waals surface area (Å²) in [5.74, 6) is -1.58. The monoisotopic (exact) mass is 525 g/mol. The zero-order valence-corrected chi connectivity index (χ0v) is 21.6. The number of imidazole rings is 2. The van der Waals surface area contributed by atoms with Gasteiger partial charge in [-0.25, -0.2) is 23.5 Å². The van der Waals surface area contributed by atoms with Crippen molar-refractivity contribution in [3.8, 4) is 16.9 Å². The number of halogens is 2. The summed E-state index contributed by atoms with van der Waals surface area (Å²) in [4.78, 5) is 22.4. The number of aliphatic hydroxyl groups is 1. The van der Waals surface area contributed by atoms with E-state index in [0.29, 0.717) is 30.2 Å². The third kappa shape index (κ3) is 4.86. The Morgan fingerprint density at radius 1 is 1.26 bits per heavy atom. The summed E-state index contributed by atoms with van der Waals surface area (Å²) in [5.41, 5.74) is 1.36. The van der Waals surface area contributed by atoms with Crippen molar-refractivity contribution in [2.75, 3.05) is 26.8 Å². The molecular weight excluding hydrogens is 496 g/mol. The number of morpholine rings is 1. The van der Waals surface area contributed by atoms with E-state index >= 15 is 8.78 Å². The fraction of sp³-hybridized carbons (Fsp3) is 0.370. The van der Waals surface area contributed by atoms with Crippen LogP contribution in [0.2, 0.25) is 0 Å². The lowest BCUT2D eigenvalue weighted by Crippen LogP contribution is -2.46. The number of hydrogen-bond acceptors (Lipinski definition) is 6. The molecule has 0 spiro atoms. The lowest BCUT2D eigenvalue weighted by atomic mass is 10.0. The highest BCUT2D eigenvalue weighted by molar-refractivity contribution is 5.70. The average molecular weight is 526 g/mol. The fourth-order valence-electron chi connectivity index (χ4n) is 4.66. The molecule has 1 amide bonds. The molecule has 0 bridgehead atoms. The van der Waals surface area contributed by atoms with Gasteiger partial charge in [0.05, 0.1) is 61.0 Å². The predicted molar refractivity (Wildman–Crippen MR) is 135 cm³/mol. The van der Waals surface area contributed by atoms with Gasteiger partial charge in [0.25, 0.3) is 0 Å². The SMILES string of the molecule is COC(=O)N1CCO[C@@H](Cc2c(-c3c(F)cc(-n4cnc(C(C)(C)O)c4)cc3F)nc3cc(C)ccn23)C1. The van der Waals surface area contributed by atoms with Crippen molar-refractivity contribution >= 4 is 11.7 Å². The van der Waals surface area contributed by atoms with Crippen LogP contribution in [0.4, 0.5) is 13.6 Å². The smallest absolute Gasteiger partial charge is 0.409 e. The van der Waals surface area contributed by atoms with Crippen molar-refractivity contribution < 1.29 is 28.2 Å². The number of hydrogen-bond donors (Lipinski definition) is 1. The van der Waals surface area contributed by atoms with Gasteiger partial charge in [0.2, 0.25) is 0 Å². The summed E-state index contributed by atoms with van der Waals surface area (Å²) in [6, 6.07) is 6.15. The van der Waals surface area contributed by atoms with Gasteiger partial charge in [0, 0.05) is 25.4 Å². The largest absolute Gasteiger partial charge is 0.453 e. The van der Waals surface area contributed by atoms with Crippen LogP contribution < -0.4 is 0 Å². The quantitative estimate of drug-likeness (QED) is 0.423. The Morgan fingerprint density at radius 3 is 2.66 bits per heavy atom. The first kappa shape index (κ1) is 25.8. The molecule has 1 aliphatic heterocycles. The third-order valence-corrected chi connectivity index (χ3v) is 6.64. The van der Waals surface area contributed by atoms with Crippen molar-refractivity contribution in [1.29, 1.82) is 0 Å². The summed E-state index contributed by atoms with van der Waals surface area (Å²) in [6.07, 6.45) is 4.13. The maximum Gasteiger partial charge on any atom is 0.409 e. The topological polar surface area (TPSA) is 94.1 Å². The van der Waals surface area contributed by atoms with Crippen molar-refractivity contribution in [2.24, 2.45) is 0 Å². The van der Waals surface area contributed by atoms with Gasteiger partial charge in [0.15, 0.2) is 0 Å². The van der Waals surface area contributed by atoms with E-state index in [-0.39, 0.29) is 29.9 Å². The molecule has 1 N–H and O–H groups in total. The molecule has 5 rings (SSSR count). The van der Waals surface area contributed by atoms with Gasteiger partial charge in [-0.1, -0.05) is 0 Å². The zero-order valence-electron chi connectivity index (χ0n) is 21.6. The normalized spacial score (nSPS) is 16.3. The van der Waals surface area contributed by atoms with E-state index in [1.807, 2.05) is 25.3 Å². The van der Waals surface area contributed by atoms with E-state index in [2.05, 4.69) is 9.97 Å². The summed E-state index contributed by atoms with van der Waals surface area (Å²) >= 11 is 0. The van der Waals surface area contributed by atoms with Crippen molar-refractivity contribution in [2.45, 2.75) is 38.9 Å². The number of aryl methyl sites for hydroxylation is 1. The predicted octanol–water partition coefficient (Wildman–Crippen LogP) is 4.01. The summed E-state index contributed by atoms with van der Waals surface area (Å²) in [5, 5.41) is 10.2. The molecule has 0 saturated carbocycles. The molecule has 38 heavy (non-hydrogen) atoms. The van der Waals surface area contributed by atoms with Crippen LogP contribution in [0.15, 0.2) is 43.0 Å². The second-order valence-corrected chi connectivity index (χ2v) is 9.96. The van der Waals surface area contributed by atoms with Gasteiger partial charge in [0.1, 0.15) is 22.9 Å². The van der Waals surface area contributed by atoms with E-state index in [1.54, 1.807) is 23.1 Å². The van der Waals surface area contributed by atoms with E-state index in [1.165, 1.54) is 36.3 Å². The van der Waals surface area contributed by atoms with E-state index in [4.69, 9.17) is 9.47 Å². The van der Waals surface area contributed by atoms with Crippen LogP contribution in [-0.4, -0.2) is 67.9 Å². The average Bonchev–Trinajstić information content (AvgIpc) is 3.49. The van der Waals surface area contributed by atoms with Gasteiger partial charge >= 0.3 is 6.09 Å². The fourth-order valence-corrected chi connectivity index (χ4v) is 4.66. The Morgan fingerprint density at radius 2 is 2.00 bits per heavy atom. The Labute approximate surface area is 218 Å². The van der Waals surface area contributed by atoms with Gasteiger partial charge in [-0.2, -0.15) is 0 Å². The minimum Gasteiger partial charge on any atom is -0.453 e. The molecule has 1 fully saturated rings. The number of rotatable bonds is 5. The van der Waals surface area contributed by atoms with Gasteiger partial charge in [-0.3, -0.25) is 0 Å². The summed E-state index contributed by atoms with van der Waals surface area (Å²) in [6.45, 7) is 6.07. The van der Waals surface area contributed by atoms with Crippen molar-refractivity contribution in [3.05, 3.63) is 71.6 Å². The van der Waals surface area contributed by atoms with E-state index in [0.717, 1.165) is 5.56 Å². The number of carbonyl (C=O) groups is 1. The molecule has 4 aromatic rings. The summed E-state index contributed by atoms with van der Waals surface area (Å²) in [7, 11) is 1.32. The number of aromatic nitrogens is 4. The van der Waals surface area contributed by atoms with Crippen molar-refractivity contribution in [3.63, 3.8) is 0 Å². The highest BCUT2D eigenvalue weighted by atomic mass is 19.1. The maximum atomic E-state index is 15.6. The van der Waals surface area contributed by atoms with Crippen LogP contribution in [-0.2, 0) is 21.5 Å². The lowest BCUT2D eigenvalue weighted by molar-refractivity contribution is -0.0241. The number of pyridine rings is 1. The molecule has 0 radical (unpaired) electrons. The maximum absolute atomic E-state index is 15.6. The standard InChI is InChI=1S/C27H29F2N5O4/c1-16-5-6-34-21(12-18-13-32(7-8-38-18)26(35)37-4)25(31-23(34)9-16)24-19(28)10-17(11-20(24)29)33-14-22(30-15-33)27(2,3)36/h5-6,9-11,14-15,18,36H,7-8,12-13H2,1-4H3/t18-/m0/s1. The Balaban J connectivity index is 1.56. The number of ether oxygens (including phenoxy) is 2. The van der Waals surface area contributed by atoms with Crippen LogP contribution in [0.1, 0.15) is 30.8 Å². The first-order valence-corrected chi connectivity index (χ1v) is 12.2. The first-order valence-electron chi connectivity index (χ1n) is 12.2. The zero-order chi connectivity index (χ0) is 27.2. The first-order chi connectivity index (χ1) is 18.0. The Hall–Kier alpha value is -3.83. The Bertz CT molecular complexity index is 1480. The van der Waals surface area contributed by atoms with Gasteiger partial charge in [-0.05, 0) is 50.6 Å². The number of amides is 1. The molecule has 200 valence electrons. The molecule has 4 heterocycles. The minimum absolute atomic E-state index is 0.166. The molecule has 11 heteroatoms. The molecule has 0 aliphatic carbocycles. The Kier molecular flexibility index (Phi) is 6.66. The highest BCUT2D eigenvalue weighted by Gasteiger charge is 2.29. The number of methoxy groups -OCH3 is 1. The van der Waals surface area contributed by atoms with Crippen LogP contribution in [0.25, 0.3) is 22.6 Å². The minimum atomic E-state index is -1.20. The molecule has 1 aromatic carbocycles. The molecule has 1 aliphatic rings. The molecule has 1 saturated heterocycles. The number of carbonyl (C=O) groups excluding carboxylic acids is 1. The second kappa shape index (κ2) is 9.80. The van der Waals surface area contributed by atoms with Crippen LogP contribution in [0, 0.1) is 18.6 Å². The van der Waals surface area contributed by atoms with Gasteiger partial charge in [-0.15, -0.1) is 0 Å². The number of benzene rings is 1. The lowest BCUT2D eigenvalue weighted by Gasteiger charge is -2.32. The molecule has 9 nitrogen and oxygen atoms in total. The van der Waals surface area contributed by atoms with Crippen LogP contribution >= 0.6 is 0 Å². The molecule has 3 aromatic heterocycles. The molecule has 1 atom stereocenters. The van der Waals surface area contributed by atoms with Crippen LogP contribution in [0.3, 0.4) is 0 Å². The van der Waals surface area contributed by atoms with Crippen molar-refractivity contribution in [1.82, 2.24) is 23.8 Å². The second-order valence-electron chi connectivity index (χ2n) is 9.96. The van der Waals surface area contributed by atoms with Crippen LogP contribution in [0.5, 0.6) is 0 Å². The number of nitrogens with zero attached hydrogens (tertiary/aromatic N) is 5.